The third-order valence-corrected chi connectivity index (χ3v) is 5.41. The minimum Gasteiger partial charge on any atom is -0.354 e. The van der Waals surface area contributed by atoms with Gasteiger partial charge in [0.05, 0.1) is 26.7 Å². The summed E-state index contributed by atoms with van der Waals surface area (Å²) in [6.45, 7) is 5.40. The van der Waals surface area contributed by atoms with Crippen molar-refractivity contribution < 1.29 is 9.59 Å². The maximum atomic E-state index is 12.8. The minimum atomic E-state index is -0.448. The predicted octanol–water partition coefficient (Wildman–Crippen LogP) is 2.36. The molecule has 0 bridgehead atoms. The minimum absolute atomic E-state index is 0.250. The van der Waals surface area contributed by atoms with Crippen LogP contribution in [0.25, 0.3) is 5.69 Å². The van der Waals surface area contributed by atoms with E-state index in [-0.39, 0.29) is 11.5 Å². The molecule has 0 saturated carbocycles. The van der Waals surface area contributed by atoms with E-state index in [1.165, 1.54) is 11.7 Å². The summed E-state index contributed by atoms with van der Waals surface area (Å²) in [5.41, 5.74) is 5.42. The molecule has 150 valence electrons. The van der Waals surface area contributed by atoms with E-state index >= 15 is 0 Å². The first kappa shape index (κ1) is 20.3. The molecule has 1 aromatic carbocycles. The third kappa shape index (κ3) is 4.19. The number of carbonyl (C=O) groups excluding carboxylic acids is 2. The van der Waals surface area contributed by atoms with Crippen LogP contribution < -0.4 is 16.3 Å². The van der Waals surface area contributed by atoms with Crippen LogP contribution in [0.1, 0.15) is 43.1 Å². The Bertz CT molecular complexity index is 1150. The van der Waals surface area contributed by atoms with E-state index in [2.05, 4.69) is 20.9 Å². The number of nitrogens with one attached hydrogen (secondary N) is 3. The second-order valence-electron chi connectivity index (χ2n) is 6.47. The molecule has 0 aliphatic heterocycles. The van der Waals surface area contributed by atoms with Crippen molar-refractivity contribution >= 4 is 28.9 Å². The lowest BCUT2D eigenvalue weighted by Gasteiger charge is -2.01. The van der Waals surface area contributed by atoms with Gasteiger partial charge in [-0.1, -0.05) is 17.7 Å². The van der Waals surface area contributed by atoms with Crippen LogP contribution in [0.5, 0.6) is 0 Å². The highest BCUT2D eigenvalue weighted by Gasteiger charge is 2.16. The van der Waals surface area contributed by atoms with Crippen molar-refractivity contribution in [3.8, 4) is 5.69 Å². The lowest BCUT2D eigenvalue weighted by atomic mass is 10.2. The molecule has 0 saturated heterocycles. The Hall–Kier alpha value is -3.46. The summed E-state index contributed by atoms with van der Waals surface area (Å²) in [5.74, 6) is -0.704. The van der Waals surface area contributed by atoms with E-state index in [4.69, 9.17) is 0 Å². The molecule has 0 aliphatic rings. The summed E-state index contributed by atoms with van der Waals surface area (Å²) in [4.78, 5) is 37.5. The normalized spacial score (nSPS) is 11.4. The highest BCUT2D eigenvalue weighted by Crippen LogP contribution is 2.16. The van der Waals surface area contributed by atoms with Gasteiger partial charge in [-0.3, -0.25) is 19.5 Å². The number of nitrogens with zero attached hydrogens (tertiary/aromatic N) is 2. The number of aromatic nitrogens is 2. The van der Waals surface area contributed by atoms with Crippen LogP contribution in [-0.2, 0) is 0 Å². The van der Waals surface area contributed by atoms with E-state index < -0.39 is 5.91 Å². The summed E-state index contributed by atoms with van der Waals surface area (Å²) in [5, 5.41) is 9.63. The van der Waals surface area contributed by atoms with Crippen LogP contribution in [0.4, 0.5) is 0 Å². The molecule has 0 spiro atoms. The van der Waals surface area contributed by atoms with E-state index in [1.54, 1.807) is 26.0 Å². The van der Waals surface area contributed by atoms with Gasteiger partial charge < -0.3 is 5.32 Å². The zero-order valence-electron chi connectivity index (χ0n) is 16.5. The predicted molar refractivity (Wildman–Crippen MR) is 113 cm³/mol. The second kappa shape index (κ2) is 8.27. The molecular formula is C20H21N5O3S. The standard InChI is InChI=1S/C20H21N5O3S/c1-11-5-7-14(8-6-11)25-20(28)17(13(3)24-25)12(2)22-23-19(27)16-10-9-15(29-16)18(26)21-4/h5-10,24H,1-4H3,(H,21,26)(H,23,27)/b22-12+. The average Bonchev–Trinajstić information content (AvgIpc) is 3.31. The Balaban J connectivity index is 1.82. The van der Waals surface area contributed by atoms with Gasteiger partial charge in [0.1, 0.15) is 0 Å². The average molecular weight is 411 g/mol. The van der Waals surface area contributed by atoms with Crippen LogP contribution >= 0.6 is 11.3 Å². The maximum Gasteiger partial charge on any atom is 0.281 e. The number of aryl methyl sites for hydroxylation is 2. The Kier molecular flexibility index (Phi) is 5.79. The monoisotopic (exact) mass is 411 g/mol. The molecule has 3 aromatic rings. The van der Waals surface area contributed by atoms with Crippen LogP contribution in [0.3, 0.4) is 0 Å². The van der Waals surface area contributed by atoms with Gasteiger partial charge in [-0.2, -0.15) is 5.10 Å². The van der Waals surface area contributed by atoms with Gasteiger partial charge in [-0.25, -0.2) is 10.1 Å². The first-order chi connectivity index (χ1) is 13.8. The summed E-state index contributed by atoms with van der Waals surface area (Å²) in [7, 11) is 1.53. The molecule has 0 unspecified atom stereocenters. The number of hydrogen-bond donors (Lipinski definition) is 3. The summed E-state index contributed by atoms with van der Waals surface area (Å²) < 4.78 is 1.44. The fraction of sp³-hybridized carbons (Fsp3) is 0.200. The molecular weight excluding hydrogens is 390 g/mol. The topological polar surface area (TPSA) is 108 Å². The third-order valence-electron chi connectivity index (χ3n) is 4.33. The largest absolute Gasteiger partial charge is 0.354 e. The molecule has 2 amide bonds. The van der Waals surface area contributed by atoms with E-state index in [0.29, 0.717) is 32.4 Å². The second-order valence-corrected chi connectivity index (χ2v) is 7.55. The molecule has 0 aliphatic carbocycles. The number of hydrazone groups is 1. The molecule has 2 heterocycles. The Morgan fingerprint density at radius 3 is 2.28 bits per heavy atom. The molecule has 3 rings (SSSR count). The molecule has 0 atom stereocenters. The number of hydrogen-bond acceptors (Lipinski definition) is 5. The highest BCUT2D eigenvalue weighted by molar-refractivity contribution is 7.15. The zero-order chi connectivity index (χ0) is 21.1. The fourth-order valence-electron chi connectivity index (χ4n) is 2.80. The van der Waals surface area contributed by atoms with Crippen molar-refractivity contribution in [2.75, 3.05) is 7.05 Å². The van der Waals surface area contributed by atoms with Gasteiger partial charge in [0.2, 0.25) is 0 Å². The fourth-order valence-corrected chi connectivity index (χ4v) is 3.64. The Morgan fingerprint density at radius 2 is 1.66 bits per heavy atom. The molecule has 29 heavy (non-hydrogen) atoms. The molecule has 3 N–H and O–H groups in total. The van der Waals surface area contributed by atoms with E-state index in [9.17, 15) is 14.4 Å². The number of amides is 2. The number of rotatable bonds is 5. The summed E-state index contributed by atoms with van der Waals surface area (Å²) in [6.07, 6.45) is 0. The van der Waals surface area contributed by atoms with E-state index in [0.717, 1.165) is 16.9 Å². The molecule has 2 aromatic heterocycles. The van der Waals surface area contributed by atoms with Crippen LogP contribution in [0, 0.1) is 13.8 Å². The van der Waals surface area contributed by atoms with Gasteiger partial charge >= 0.3 is 0 Å². The van der Waals surface area contributed by atoms with Gasteiger partial charge in [0.25, 0.3) is 17.4 Å². The smallest absolute Gasteiger partial charge is 0.281 e. The van der Waals surface area contributed by atoms with E-state index in [1.807, 2.05) is 31.2 Å². The molecule has 9 heteroatoms. The number of H-pyrrole nitrogens is 1. The Morgan fingerprint density at radius 1 is 1.03 bits per heavy atom. The van der Waals surface area contributed by atoms with Crippen molar-refractivity contribution in [1.29, 1.82) is 0 Å². The van der Waals surface area contributed by atoms with Crippen LogP contribution in [-0.4, -0.2) is 34.4 Å². The van der Waals surface area contributed by atoms with Crippen LogP contribution in [0.15, 0.2) is 46.3 Å². The van der Waals surface area contributed by atoms with Crippen molar-refractivity contribution in [1.82, 2.24) is 20.5 Å². The van der Waals surface area contributed by atoms with Gasteiger partial charge in [0, 0.05) is 12.7 Å². The first-order valence-corrected chi connectivity index (χ1v) is 9.69. The quantitative estimate of drug-likeness (QED) is 0.443. The number of benzene rings is 1. The van der Waals surface area contributed by atoms with Gasteiger partial charge in [-0.15, -0.1) is 11.3 Å². The Labute approximate surface area is 171 Å². The highest BCUT2D eigenvalue weighted by atomic mass is 32.1. The number of carbonyl (C=O) groups is 2. The van der Waals surface area contributed by atoms with Gasteiger partial charge in [0.15, 0.2) is 0 Å². The lowest BCUT2D eigenvalue weighted by molar-refractivity contribution is 0.0955. The summed E-state index contributed by atoms with van der Waals surface area (Å²) >= 11 is 1.06. The number of aromatic amines is 1. The molecule has 0 fully saturated rings. The first-order valence-electron chi connectivity index (χ1n) is 8.87. The molecule has 0 radical (unpaired) electrons. The van der Waals surface area contributed by atoms with Crippen LogP contribution in [0.2, 0.25) is 0 Å². The van der Waals surface area contributed by atoms with Gasteiger partial charge in [-0.05, 0) is 45.0 Å². The SMILES string of the molecule is CNC(=O)c1ccc(C(=O)N/N=C(\C)c2c(C)[nH]n(-c3ccc(C)cc3)c2=O)s1. The summed E-state index contributed by atoms with van der Waals surface area (Å²) in [6, 6.07) is 10.7. The number of thiophene rings is 1. The van der Waals surface area contributed by atoms with Crippen molar-refractivity contribution in [2.45, 2.75) is 20.8 Å². The maximum absolute atomic E-state index is 12.8. The van der Waals surface area contributed by atoms with Crippen molar-refractivity contribution in [2.24, 2.45) is 5.10 Å². The lowest BCUT2D eigenvalue weighted by Crippen LogP contribution is -2.23. The molecule has 8 nitrogen and oxygen atoms in total. The van der Waals surface area contributed by atoms with Crippen molar-refractivity contribution in [3.05, 3.63) is 73.3 Å². The zero-order valence-corrected chi connectivity index (χ0v) is 17.3. The van der Waals surface area contributed by atoms with Crippen molar-refractivity contribution in [3.63, 3.8) is 0 Å².